The van der Waals surface area contributed by atoms with Crippen molar-refractivity contribution in [1.82, 2.24) is 9.55 Å². The first-order valence-corrected chi connectivity index (χ1v) is 9.37. The number of hydrogen-bond donors (Lipinski definition) is 0. The molecule has 0 aliphatic carbocycles. The molecule has 5 nitrogen and oxygen atoms in total. The normalized spacial score (nSPS) is 19.1. The molecule has 0 bridgehead atoms. The molecule has 1 aliphatic rings. The summed E-state index contributed by atoms with van der Waals surface area (Å²) in [5.41, 5.74) is -0.560. The van der Waals surface area contributed by atoms with Crippen LogP contribution in [0.2, 0.25) is 0 Å². The second-order valence-corrected chi connectivity index (χ2v) is 7.10. The molecule has 0 unspecified atom stereocenters. The van der Waals surface area contributed by atoms with Crippen molar-refractivity contribution in [3.8, 4) is 17.4 Å². The van der Waals surface area contributed by atoms with E-state index in [9.17, 15) is 26.3 Å². The number of aromatic nitrogens is 2. The van der Waals surface area contributed by atoms with E-state index in [1.807, 2.05) is 0 Å². The van der Waals surface area contributed by atoms with Crippen LogP contribution in [0.5, 0.6) is 11.8 Å². The number of rotatable bonds is 8. The summed E-state index contributed by atoms with van der Waals surface area (Å²) in [5.74, 6) is -1.94. The van der Waals surface area contributed by atoms with Crippen LogP contribution in [0.25, 0.3) is 5.69 Å². The molecule has 11 heteroatoms. The first kappa shape index (κ1) is 22.0. The molecule has 2 aromatic carbocycles. The highest BCUT2D eigenvalue weighted by Gasteiger charge is 2.54. The molecule has 0 N–H and O–H groups in total. The molecule has 2 heterocycles. The van der Waals surface area contributed by atoms with Gasteiger partial charge in [-0.1, -0.05) is 6.07 Å². The second kappa shape index (κ2) is 8.05. The highest BCUT2D eigenvalue weighted by atomic mass is 19.3. The molecule has 0 spiro atoms. The van der Waals surface area contributed by atoms with Gasteiger partial charge in [0.1, 0.15) is 23.5 Å². The number of epoxide rings is 1. The fourth-order valence-corrected chi connectivity index (χ4v) is 3.22. The Bertz CT molecular complexity index is 1100. The van der Waals surface area contributed by atoms with Crippen LogP contribution in [0.3, 0.4) is 0 Å². The maximum atomic E-state index is 14.3. The lowest BCUT2D eigenvalue weighted by Crippen LogP contribution is -2.33. The molecule has 3 aromatic rings. The standard InChI is InChI=1S/C21H16F6N2O3/c1-12(20(11-30-20)16-7-2-13(22)10-17(16)23)31-19-28-8-9-29(19)14-3-5-15(6-4-14)32-21(26,27)18(24)25/h2-10,12,18H,11H2,1H3/t12-,20+/m1/s1. The zero-order valence-electron chi connectivity index (χ0n) is 16.4. The van der Waals surface area contributed by atoms with Crippen LogP contribution in [0.4, 0.5) is 26.3 Å². The highest BCUT2D eigenvalue weighted by molar-refractivity contribution is 5.40. The summed E-state index contributed by atoms with van der Waals surface area (Å²) >= 11 is 0. The third kappa shape index (κ3) is 4.12. The zero-order chi connectivity index (χ0) is 23.1. The quantitative estimate of drug-likeness (QED) is 0.349. The van der Waals surface area contributed by atoms with Gasteiger partial charge >= 0.3 is 18.5 Å². The van der Waals surface area contributed by atoms with E-state index in [-0.39, 0.29) is 18.2 Å². The van der Waals surface area contributed by atoms with Gasteiger partial charge in [0.25, 0.3) is 0 Å². The number of imidazole rings is 1. The van der Waals surface area contributed by atoms with Gasteiger partial charge in [0.15, 0.2) is 5.60 Å². The van der Waals surface area contributed by atoms with Gasteiger partial charge < -0.3 is 14.2 Å². The number of halogens is 6. The Labute approximate surface area is 178 Å². The van der Waals surface area contributed by atoms with E-state index >= 15 is 0 Å². The molecular weight excluding hydrogens is 442 g/mol. The van der Waals surface area contributed by atoms with E-state index in [1.54, 1.807) is 6.92 Å². The SMILES string of the molecule is C[C@@H](Oc1nccn1-c1ccc(OC(F)(F)C(F)F)cc1)[C@]1(c2ccc(F)cc2F)CO1. The molecule has 1 aromatic heterocycles. The predicted octanol–water partition coefficient (Wildman–Crippen LogP) is 5.08. The van der Waals surface area contributed by atoms with E-state index < -0.39 is 41.6 Å². The third-order valence-corrected chi connectivity index (χ3v) is 5.01. The molecule has 0 saturated carbocycles. The van der Waals surface area contributed by atoms with E-state index in [4.69, 9.17) is 9.47 Å². The fraction of sp³-hybridized carbons (Fsp3) is 0.286. The van der Waals surface area contributed by atoms with Gasteiger partial charge in [-0.15, -0.1) is 0 Å². The van der Waals surface area contributed by atoms with Gasteiger partial charge in [0.2, 0.25) is 0 Å². The predicted molar refractivity (Wildman–Crippen MR) is 99.2 cm³/mol. The van der Waals surface area contributed by atoms with E-state index in [0.29, 0.717) is 5.69 Å². The summed E-state index contributed by atoms with van der Waals surface area (Å²) in [6.07, 6.45) is -6.38. The average Bonchev–Trinajstić information content (AvgIpc) is 3.41. The molecule has 1 fully saturated rings. The van der Waals surface area contributed by atoms with Crippen LogP contribution in [0.15, 0.2) is 54.9 Å². The summed E-state index contributed by atoms with van der Waals surface area (Å²) in [4.78, 5) is 4.09. The Hall–Kier alpha value is -3.21. The Morgan fingerprint density at radius 2 is 1.81 bits per heavy atom. The van der Waals surface area contributed by atoms with Crippen molar-refractivity contribution in [2.45, 2.75) is 31.2 Å². The maximum absolute atomic E-state index is 14.3. The molecule has 0 radical (unpaired) electrons. The molecule has 0 amide bonds. The number of ether oxygens (including phenoxy) is 3. The number of benzene rings is 2. The smallest absolute Gasteiger partial charge is 0.458 e. The van der Waals surface area contributed by atoms with Crippen LogP contribution in [-0.4, -0.2) is 34.8 Å². The van der Waals surface area contributed by atoms with Gasteiger partial charge in [-0.2, -0.15) is 17.6 Å². The average molecular weight is 458 g/mol. The minimum Gasteiger partial charge on any atom is -0.458 e. The lowest BCUT2D eigenvalue weighted by atomic mass is 9.94. The largest absolute Gasteiger partial charge is 0.461 e. The summed E-state index contributed by atoms with van der Waals surface area (Å²) in [6, 6.07) is 8.14. The molecule has 1 aliphatic heterocycles. The number of hydrogen-bond acceptors (Lipinski definition) is 4. The summed E-state index contributed by atoms with van der Waals surface area (Å²) < 4.78 is 95.0. The molecule has 2 atom stereocenters. The number of nitrogens with zero attached hydrogens (tertiary/aromatic N) is 2. The van der Waals surface area contributed by atoms with Gasteiger partial charge in [-0.3, -0.25) is 4.57 Å². The minimum atomic E-state index is -4.62. The van der Waals surface area contributed by atoms with Crippen LogP contribution >= 0.6 is 0 Å². The second-order valence-electron chi connectivity index (χ2n) is 7.10. The highest BCUT2D eigenvalue weighted by Crippen LogP contribution is 2.44. The zero-order valence-corrected chi connectivity index (χ0v) is 16.4. The molecule has 32 heavy (non-hydrogen) atoms. The van der Waals surface area contributed by atoms with Crippen molar-refractivity contribution < 1.29 is 40.6 Å². The van der Waals surface area contributed by atoms with E-state index in [2.05, 4.69) is 9.72 Å². The Kier molecular flexibility index (Phi) is 5.53. The summed E-state index contributed by atoms with van der Waals surface area (Å²) in [7, 11) is 0. The van der Waals surface area contributed by atoms with Crippen molar-refractivity contribution >= 4 is 0 Å². The topological polar surface area (TPSA) is 48.8 Å². The summed E-state index contributed by atoms with van der Waals surface area (Å²) in [6.45, 7) is 1.79. The van der Waals surface area contributed by atoms with E-state index in [0.717, 1.165) is 24.3 Å². The lowest BCUT2D eigenvalue weighted by molar-refractivity contribution is -0.253. The summed E-state index contributed by atoms with van der Waals surface area (Å²) in [5, 5.41) is 0. The van der Waals surface area contributed by atoms with Gasteiger partial charge in [0.05, 0.1) is 12.3 Å². The van der Waals surface area contributed by atoms with Crippen molar-refractivity contribution in [2.75, 3.05) is 6.61 Å². The van der Waals surface area contributed by atoms with E-state index in [1.165, 1.54) is 35.2 Å². The monoisotopic (exact) mass is 458 g/mol. The minimum absolute atomic E-state index is 0.0847. The van der Waals surface area contributed by atoms with Crippen molar-refractivity contribution in [2.24, 2.45) is 0 Å². The Morgan fingerprint density at radius 1 is 1.12 bits per heavy atom. The molecule has 1 saturated heterocycles. The lowest BCUT2D eigenvalue weighted by Gasteiger charge is -2.22. The van der Waals surface area contributed by atoms with Gasteiger partial charge in [0, 0.05) is 24.0 Å². The van der Waals surface area contributed by atoms with Crippen molar-refractivity contribution in [1.29, 1.82) is 0 Å². The van der Waals surface area contributed by atoms with Gasteiger partial charge in [-0.05, 0) is 37.3 Å². The first-order valence-electron chi connectivity index (χ1n) is 9.37. The third-order valence-electron chi connectivity index (χ3n) is 5.01. The number of alkyl halides is 4. The fourth-order valence-electron chi connectivity index (χ4n) is 3.22. The van der Waals surface area contributed by atoms with Crippen LogP contribution in [-0.2, 0) is 10.3 Å². The Morgan fingerprint density at radius 3 is 2.41 bits per heavy atom. The molecular formula is C21H16F6N2O3. The van der Waals surface area contributed by atoms with Crippen molar-refractivity contribution in [3.63, 3.8) is 0 Å². The van der Waals surface area contributed by atoms with Crippen LogP contribution < -0.4 is 9.47 Å². The molecule has 170 valence electrons. The Balaban J connectivity index is 1.52. The first-order chi connectivity index (χ1) is 15.1. The maximum Gasteiger partial charge on any atom is 0.461 e. The van der Waals surface area contributed by atoms with Crippen LogP contribution in [0.1, 0.15) is 12.5 Å². The van der Waals surface area contributed by atoms with Crippen LogP contribution in [0, 0.1) is 11.6 Å². The molecule has 4 rings (SSSR count). The van der Waals surface area contributed by atoms with Gasteiger partial charge in [-0.25, -0.2) is 13.8 Å². The van der Waals surface area contributed by atoms with Crippen molar-refractivity contribution in [3.05, 3.63) is 72.1 Å².